The largest absolute Gasteiger partial charge is 0.320 e. The molecule has 0 atom stereocenters. The Morgan fingerprint density at radius 2 is 1.12 bits per heavy atom. The molecular formula is C15H14ClN. The van der Waals surface area contributed by atoms with Crippen LogP contribution in [0.3, 0.4) is 0 Å². The molecule has 3 rings (SSSR count). The molecule has 0 saturated heterocycles. The lowest BCUT2D eigenvalue weighted by Crippen LogP contribution is -2.13. The van der Waals surface area contributed by atoms with Crippen LogP contribution < -0.4 is 5.73 Å². The number of rotatable bonds is 0. The van der Waals surface area contributed by atoms with E-state index < -0.39 is 0 Å². The fourth-order valence-electron chi connectivity index (χ4n) is 2.24. The molecule has 2 heteroatoms. The van der Waals surface area contributed by atoms with E-state index in [9.17, 15) is 0 Å². The molecule has 0 unspecified atom stereocenters. The second-order valence-corrected chi connectivity index (χ2v) is 4.07. The van der Waals surface area contributed by atoms with Crippen LogP contribution in [0, 0.1) is 0 Å². The van der Waals surface area contributed by atoms with Gasteiger partial charge in [-0.15, -0.1) is 12.4 Å². The molecule has 2 aromatic carbocycles. The molecule has 0 amide bonds. The van der Waals surface area contributed by atoms with E-state index in [0.717, 1.165) is 0 Å². The predicted molar refractivity (Wildman–Crippen MR) is 75.1 cm³/mol. The molecule has 2 aromatic rings. The molecule has 17 heavy (non-hydrogen) atoms. The Hall–Kier alpha value is -1.57. The van der Waals surface area contributed by atoms with Gasteiger partial charge in [-0.3, -0.25) is 0 Å². The van der Waals surface area contributed by atoms with Crippen molar-refractivity contribution in [3.63, 3.8) is 0 Å². The number of nitrogens with two attached hydrogens (primary N) is 1. The van der Waals surface area contributed by atoms with Gasteiger partial charge in [-0.1, -0.05) is 60.7 Å². The van der Waals surface area contributed by atoms with Gasteiger partial charge in [-0.05, 0) is 22.3 Å². The summed E-state index contributed by atoms with van der Waals surface area (Å²) in [4.78, 5) is 0. The molecule has 0 radical (unpaired) electrons. The van der Waals surface area contributed by atoms with Crippen LogP contribution in [-0.4, -0.2) is 0 Å². The molecule has 0 saturated carbocycles. The van der Waals surface area contributed by atoms with Crippen molar-refractivity contribution in [2.75, 3.05) is 0 Å². The Labute approximate surface area is 107 Å². The fourth-order valence-corrected chi connectivity index (χ4v) is 2.24. The standard InChI is InChI=1S/C15H13N.ClH/c16-15-13-7-3-1-5-11(13)9-10-12-6-2-4-8-14(12)15;/h1-10,15H,16H2;1H. The molecule has 0 fully saturated rings. The summed E-state index contributed by atoms with van der Waals surface area (Å²) in [6.07, 6.45) is 4.28. The van der Waals surface area contributed by atoms with E-state index in [0.29, 0.717) is 0 Å². The van der Waals surface area contributed by atoms with E-state index in [2.05, 4.69) is 36.4 Å². The fraction of sp³-hybridized carbons (Fsp3) is 0.0667. The average molecular weight is 244 g/mol. The summed E-state index contributed by atoms with van der Waals surface area (Å²) >= 11 is 0. The lowest BCUT2D eigenvalue weighted by Gasteiger charge is -2.14. The van der Waals surface area contributed by atoms with Gasteiger partial charge in [0.2, 0.25) is 0 Å². The minimum Gasteiger partial charge on any atom is -0.320 e. The topological polar surface area (TPSA) is 26.0 Å². The van der Waals surface area contributed by atoms with Crippen LogP contribution >= 0.6 is 12.4 Å². The van der Waals surface area contributed by atoms with E-state index >= 15 is 0 Å². The van der Waals surface area contributed by atoms with E-state index in [1.807, 2.05) is 24.3 Å². The Morgan fingerprint density at radius 3 is 1.59 bits per heavy atom. The Balaban J connectivity index is 0.00000108. The maximum atomic E-state index is 6.32. The van der Waals surface area contributed by atoms with E-state index in [-0.39, 0.29) is 18.4 Å². The second-order valence-electron chi connectivity index (χ2n) is 4.07. The molecule has 86 valence electrons. The normalized spacial score (nSPS) is 13.2. The zero-order valence-corrected chi connectivity index (χ0v) is 10.2. The lowest BCUT2D eigenvalue weighted by molar-refractivity contribution is 0.869. The summed E-state index contributed by atoms with van der Waals surface area (Å²) in [5, 5.41) is 0. The average Bonchev–Trinajstić information content (AvgIpc) is 2.49. The number of hydrogen-bond donors (Lipinski definition) is 1. The highest BCUT2D eigenvalue weighted by Crippen LogP contribution is 2.30. The third-order valence-corrected chi connectivity index (χ3v) is 3.10. The summed E-state index contributed by atoms with van der Waals surface area (Å²) in [5.41, 5.74) is 11.1. The summed E-state index contributed by atoms with van der Waals surface area (Å²) in [6, 6.07) is 16.6. The first-order valence-electron chi connectivity index (χ1n) is 5.48. The van der Waals surface area contributed by atoms with Gasteiger partial charge < -0.3 is 5.73 Å². The lowest BCUT2D eigenvalue weighted by atomic mass is 9.95. The van der Waals surface area contributed by atoms with Crippen molar-refractivity contribution in [3.8, 4) is 0 Å². The molecule has 0 aliphatic heterocycles. The zero-order chi connectivity index (χ0) is 11.0. The van der Waals surface area contributed by atoms with Crippen LogP contribution in [0.2, 0.25) is 0 Å². The van der Waals surface area contributed by atoms with Crippen LogP contribution in [0.4, 0.5) is 0 Å². The monoisotopic (exact) mass is 243 g/mol. The minimum absolute atomic E-state index is 0. The Morgan fingerprint density at radius 1 is 0.706 bits per heavy atom. The van der Waals surface area contributed by atoms with Gasteiger partial charge >= 0.3 is 0 Å². The van der Waals surface area contributed by atoms with E-state index in [1.54, 1.807) is 0 Å². The maximum absolute atomic E-state index is 6.32. The van der Waals surface area contributed by atoms with Crippen LogP contribution in [0.15, 0.2) is 48.5 Å². The molecule has 1 nitrogen and oxygen atoms in total. The van der Waals surface area contributed by atoms with Crippen molar-refractivity contribution in [3.05, 3.63) is 70.8 Å². The predicted octanol–water partition coefficient (Wildman–Crippen LogP) is 3.64. The van der Waals surface area contributed by atoms with Crippen molar-refractivity contribution in [1.82, 2.24) is 0 Å². The van der Waals surface area contributed by atoms with Gasteiger partial charge in [0.1, 0.15) is 0 Å². The van der Waals surface area contributed by atoms with Gasteiger partial charge in [0.05, 0.1) is 6.04 Å². The van der Waals surface area contributed by atoms with Gasteiger partial charge in [-0.2, -0.15) is 0 Å². The zero-order valence-electron chi connectivity index (χ0n) is 9.34. The van der Waals surface area contributed by atoms with Crippen molar-refractivity contribution in [1.29, 1.82) is 0 Å². The van der Waals surface area contributed by atoms with Gasteiger partial charge in [-0.25, -0.2) is 0 Å². The van der Waals surface area contributed by atoms with Crippen molar-refractivity contribution < 1.29 is 0 Å². The van der Waals surface area contributed by atoms with Crippen LogP contribution in [0.25, 0.3) is 12.2 Å². The first-order valence-corrected chi connectivity index (χ1v) is 5.48. The minimum atomic E-state index is -0.0256. The SMILES string of the molecule is Cl.NC1c2ccccc2C=Cc2ccccc21. The summed E-state index contributed by atoms with van der Waals surface area (Å²) < 4.78 is 0. The molecule has 1 aliphatic carbocycles. The highest BCUT2D eigenvalue weighted by molar-refractivity contribution is 5.85. The highest BCUT2D eigenvalue weighted by atomic mass is 35.5. The maximum Gasteiger partial charge on any atom is 0.0563 e. The molecule has 0 bridgehead atoms. The third-order valence-electron chi connectivity index (χ3n) is 3.10. The van der Waals surface area contributed by atoms with Gasteiger partial charge in [0.25, 0.3) is 0 Å². The van der Waals surface area contributed by atoms with Gasteiger partial charge in [0, 0.05) is 0 Å². The molecule has 0 heterocycles. The van der Waals surface area contributed by atoms with E-state index in [4.69, 9.17) is 5.73 Å². The molecule has 0 aromatic heterocycles. The summed E-state index contributed by atoms with van der Waals surface area (Å²) in [6.45, 7) is 0. The van der Waals surface area contributed by atoms with Crippen LogP contribution in [-0.2, 0) is 0 Å². The second kappa shape index (κ2) is 4.74. The van der Waals surface area contributed by atoms with Gasteiger partial charge in [0.15, 0.2) is 0 Å². The molecule has 2 N–H and O–H groups in total. The summed E-state index contributed by atoms with van der Waals surface area (Å²) in [7, 11) is 0. The number of benzene rings is 2. The molecule has 0 spiro atoms. The number of hydrogen-bond acceptors (Lipinski definition) is 1. The third kappa shape index (κ3) is 1.99. The quantitative estimate of drug-likeness (QED) is 0.751. The number of halogens is 1. The van der Waals surface area contributed by atoms with Crippen molar-refractivity contribution in [2.45, 2.75) is 6.04 Å². The molecule has 1 aliphatic rings. The Kier molecular flexibility index (Phi) is 3.32. The number of fused-ring (bicyclic) bond motifs is 2. The van der Waals surface area contributed by atoms with E-state index in [1.165, 1.54) is 22.3 Å². The highest BCUT2D eigenvalue weighted by Gasteiger charge is 2.16. The van der Waals surface area contributed by atoms with Crippen LogP contribution in [0.1, 0.15) is 28.3 Å². The smallest absolute Gasteiger partial charge is 0.0563 e. The molecular weight excluding hydrogens is 230 g/mol. The van der Waals surface area contributed by atoms with Crippen LogP contribution in [0.5, 0.6) is 0 Å². The van der Waals surface area contributed by atoms with Crippen molar-refractivity contribution in [2.24, 2.45) is 5.73 Å². The Bertz CT molecular complexity index is 511. The summed E-state index contributed by atoms with van der Waals surface area (Å²) in [5.74, 6) is 0. The first kappa shape index (κ1) is 11.9. The first-order chi connectivity index (χ1) is 7.86. The van der Waals surface area contributed by atoms with Crippen molar-refractivity contribution >= 4 is 24.6 Å².